The Morgan fingerprint density at radius 2 is 1.94 bits per heavy atom. The van der Waals surface area contributed by atoms with E-state index in [1.54, 1.807) is 35.8 Å². The highest BCUT2D eigenvalue weighted by Crippen LogP contribution is 2.11. The van der Waals surface area contributed by atoms with E-state index in [0.717, 1.165) is 5.56 Å². The van der Waals surface area contributed by atoms with Crippen LogP contribution in [-0.2, 0) is 6.42 Å². The van der Waals surface area contributed by atoms with Gasteiger partial charge in [0.25, 0.3) is 0 Å². The molecule has 0 bridgehead atoms. The highest BCUT2D eigenvalue weighted by Gasteiger charge is 2.09. The molecule has 5 heteroatoms. The first-order chi connectivity index (χ1) is 8.16. The summed E-state index contributed by atoms with van der Waals surface area (Å²) in [4.78, 5) is 26.6. The zero-order valence-corrected chi connectivity index (χ0v) is 9.74. The molecule has 0 saturated carbocycles. The molecule has 0 radical (unpaired) electrons. The molecule has 1 heterocycles. The molecule has 0 spiro atoms. The molecule has 1 amide bonds. The summed E-state index contributed by atoms with van der Waals surface area (Å²) in [6, 6.07) is 6.69. The first-order valence-corrected chi connectivity index (χ1v) is 5.86. The second kappa shape index (κ2) is 4.88. The predicted molar refractivity (Wildman–Crippen MR) is 65.1 cm³/mol. The number of hydrogen-bond donors (Lipinski definition) is 1. The van der Waals surface area contributed by atoms with Crippen molar-refractivity contribution in [3.8, 4) is 0 Å². The van der Waals surface area contributed by atoms with E-state index in [2.05, 4.69) is 4.98 Å². The highest BCUT2D eigenvalue weighted by atomic mass is 32.1. The quantitative estimate of drug-likeness (QED) is 0.834. The molecule has 1 aromatic carbocycles. The Labute approximate surface area is 102 Å². The van der Waals surface area contributed by atoms with Gasteiger partial charge < -0.3 is 5.73 Å². The summed E-state index contributed by atoms with van der Waals surface area (Å²) < 4.78 is 0. The van der Waals surface area contributed by atoms with Crippen LogP contribution in [-0.4, -0.2) is 16.7 Å². The molecule has 86 valence electrons. The summed E-state index contributed by atoms with van der Waals surface area (Å²) in [5.74, 6) is -0.491. The lowest BCUT2D eigenvalue weighted by molar-refractivity contribution is 0.0989. The van der Waals surface area contributed by atoms with Gasteiger partial charge in [-0.1, -0.05) is 12.1 Å². The van der Waals surface area contributed by atoms with Gasteiger partial charge in [0.15, 0.2) is 10.8 Å². The van der Waals surface area contributed by atoms with Gasteiger partial charge in [0.2, 0.25) is 5.91 Å². The van der Waals surface area contributed by atoms with Gasteiger partial charge in [0.1, 0.15) is 0 Å². The minimum absolute atomic E-state index is 0.0215. The number of primary amides is 1. The Bertz CT molecular complexity index is 532. The van der Waals surface area contributed by atoms with Crippen LogP contribution in [0.4, 0.5) is 0 Å². The maximum Gasteiger partial charge on any atom is 0.248 e. The van der Waals surface area contributed by atoms with Gasteiger partial charge in [-0.05, 0) is 17.7 Å². The highest BCUT2D eigenvalue weighted by molar-refractivity contribution is 7.11. The fourth-order valence-electron chi connectivity index (χ4n) is 1.41. The van der Waals surface area contributed by atoms with E-state index < -0.39 is 5.91 Å². The van der Waals surface area contributed by atoms with Crippen LogP contribution in [0.1, 0.15) is 25.7 Å². The smallest absolute Gasteiger partial charge is 0.248 e. The third-order valence-corrected chi connectivity index (χ3v) is 3.09. The molecule has 0 fully saturated rings. The minimum Gasteiger partial charge on any atom is -0.366 e. The molecule has 4 nitrogen and oxygen atoms in total. The normalized spacial score (nSPS) is 10.1. The Morgan fingerprint density at radius 1 is 1.24 bits per heavy atom. The van der Waals surface area contributed by atoms with Crippen molar-refractivity contribution in [2.45, 2.75) is 6.42 Å². The Balaban J connectivity index is 2.09. The standard InChI is InChI=1S/C12H10N2O2S/c13-11(16)9-3-1-8(2-4-9)7-10(15)12-14-5-6-17-12/h1-6H,7H2,(H2,13,16). The number of hydrogen-bond acceptors (Lipinski definition) is 4. The molecular weight excluding hydrogens is 236 g/mol. The Hall–Kier alpha value is -2.01. The largest absolute Gasteiger partial charge is 0.366 e. The molecule has 0 unspecified atom stereocenters. The lowest BCUT2D eigenvalue weighted by Gasteiger charge is -2.00. The topological polar surface area (TPSA) is 73.1 Å². The van der Waals surface area contributed by atoms with Gasteiger partial charge >= 0.3 is 0 Å². The second-order valence-corrected chi connectivity index (χ2v) is 4.39. The van der Waals surface area contributed by atoms with Crippen molar-refractivity contribution in [3.05, 3.63) is 52.0 Å². The fourth-order valence-corrected chi connectivity index (χ4v) is 1.98. The average molecular weight is 246 g/mol. The van der Waals surface area contributed by atoms with Gasteiger partial charge in [0, 0.05) is 23.6 Å². The monoisotopic (exact) mass is 246 g/mol. The summed E-state index contributed by atoms with van der Waals surface area (Å²) in [5.41, 5.74) is 6.41. The van der Waals surface area contributed by atoms with E-state index in [-0.39, 0.29) is 12.2 Å². The van der Waals surface area contributed by atoms with Crippen LogP contribution in [0.25, 0.3) is 0 Å². The van der Waals surface area contributed by atoms with Crippen molar-refractivity contribution in [1.29, 1.82) is 0 Å². The molecule has 1 aromatic heterocycles. The summed E-state index contributed by atoms with van der Waals surface area (Å²) in [7, 11) is 0. The number of nitrogens with zero attached hydrogens (tertiary/aromatic N) is 1. The van der Waals surface area contributed by atoms with E-state index in [4.69, 9.17) is 5.73 Å². The predicted octanol–water partition coefficient (Wildman–Crippen LogP) is 1.67. The Morgan fingerprint density at radius 3 is 2.47 bits per heavy atom. The number of carbonyl (C=O) groups excluding carboxylic acids is 2. The summed E-state index contributed by atoms with van der Waals surface area (Å²) in [6.07, 6.45) is 1.89. The summed E-state index contributed by atoms with van der Waals surface area (Å²) in [5, 5.41) is 2.27. The summed E-state index contributed by atoms with van der Waals surface area (Å²) in [6.45, 7) is 0. The van der Waals surface area contributed by atoms with Crippen LogP contribution < -0.4 is 5.73 Å². The van der Waals surface area contributed by atoms with E-state index >= 15 is 0 Å². The summed E-state index contributed by atoms with van der Waals surface area (Å²) >= 11 is 1.32. The third kappa shape index (κ3) is 2.76. The van der Waals surface area contributed by atoms with Gasteiger partial charge in [-0.2, -0.15) is 0 Å². The number of Topliss-reactive ketones (excluding diaryl/α,β-unsaturated/α-hetero) is 1. The first kappa shape index (κ1) is 11.5. The number of ketones is 1. The van der Waals surface area contributed by atoms with Crippen LogP contribution in [0.2, 0.25) is 0 Å². The van der Waals surface area contributed by atoms with Crippen LogP contribution in [0.5, 0.6) is 0 Å². The first-order valence-electron chi connectivity index (χ1n) is 4.98. The molecule has 0 saturated heterocycles. The maximum atomic E-state index is 11.8. The maximum absolute atomic E-state index is 11.8. The number of carbonyl (C=O) groups is 2. The third-order valence-electron chi connectivity index (χ3n) is 2.27. The van der Waals surface area contributed by atoms with Crippen LogP contribution in [0.3, 0.4) is 0 Å². The molecule has 0 atom stereocenters. The lowest BCUT2D eigenvalue weighted by atomic mass is 10.1. The van der Waals surface area contributed by atoms with E-state index in [9.17, 15) is 9.59 Å². The number of aromatic nitrogens is 1. The van der Waals surface area contributed by atoms with E-state index in [1.807, 2.05) is 0 Å². The number of rotatable bonds is 4. The van der Waals surface area contributed by atoms with Crippen LogP contribution >= 0.6 is 11.3 Å². The van der Waals surface area contributed by atoms with Crippen molar-refractivity contribution in [2.75, 3.05) is 0 Å². The fraction of sp³-hybridized carbons (Fsp3) is 0.0833. The van der Waals surface area contributed by atoms with Crippen molar-refractivity contribution >= 4 is 23.0 Å². The van der Waals surface area contributed by atoms with Gasteiger partial charge in [-0.15, -0.1) is 11.3 Å². The number of thiazole rings is 1. The van der Waals surface area contributed by atoms with Crippen LogP contribution in [0, 0.1) is 0 Å². The number of benzene rings is 1. The van der Waals surface area contributed by atoms with E-state index in [0.29, 0.717) is 10.6 Å². The van der Waals surface area contributed by atoms with Crippen molar-refractivity contribution in [1.82, 2.24) is 4.98 Å². The second-order valence-electron chi connectivity index (χ2n) is 3.50. The zero-order chi connectivity index (χ0) is 12.3. The minimum atomic E-state index is -0.470. The molecule has 2 N–H and O–H groups in total. The average Bonchev–Trinajstić information content (AvgIpc) is 2.83. The molecule has 0 aliphatic heterocycles. The molecule has 0 aliphatic rings. The Kier molecular flexibility index (Phi) is 3.30. The van der Waals surface area contributed by atoms with Crippen LogP contribution in [0.15, 0.2) is 35.8 Å². The molecule has 0 aliphatic carbocycles. The number of amides is 1. The molecule has 2 aromatic rings. The van der Waals surface area contributed by atoms with E-state index in [1.165, 1.54) is 11.3 Å². The molecular formula is C12H10N2O2S. The van der Waals surface area contributed by atoms with Crippen molar-refractivity contribution in [3.63, 3.8) is 0 Å². The lowest BCUT2D eigenvalue weighted by Crippen LogP contribution is -2.11. The molecule has 17 heavy (non-hydrogen) atoms. The van der Waals surface area contributed by atoms with Gasteiger partial charge in [-0.25, -0.2) is 4.98 Å². The molecule has 2 rings (SSSR count). The number of nitrogens with two attached hydrogens (primary N) is 1. The zero-order valence-electron chi connectivity index (χ0n) is 8.92. The SMILES string of the molecule is NC(=O)c1ccc(CC(=O)c2nccs2)cc1. The van der Waals surface area contributed by atoms with Crippen molar-refractivity contribution in [2.24, 2.45) is 5.73 Å². The van der Waals surface area contributed by atoms with Gasteiger partial charge in [0.05, 0.1) is 0 Å². The van der Waals surface area contributed by atoms with Gasteiger partial charge in [-0.3, -0.25) is 9.59 Å². The van der Waals surface area contributed by atoms with Crippen molar-refractivity contribution < 1.29 is 9.59 Å².